The van der Waals surface area contributed by atoms with Crippen molar-refractivity contribution in [1.29, 1.82) is 0 Å². The number of carboxylic acids is 1. The van der Waals surface area contributed by atoms with Crippen LogP contribution in [0.15, 0.2) is 30.3 Å². The molecule has 0 radical (unpaired) electrons. The SMILES string of the molecule is COc1ccc(-c2ccc3c(N4CCOC[C@@H]4C)nc(N4CCCC4C(=O)O)nc3n2)cc1CO. The quantitative estimate of drug-likeness (QED) is 0.545. The Kier molecular flexibility index (Phi) is 6.40. The summed E-state index contributed by atoms with van der Waals surface area (Å²) in [4.78, 5) is 30.3. The Morgan fingerprint density at radius 3 is 2.77 bits per heavy atom. The van der Waals surface area contributed by atoms with Gasteiger partial charge in [0.1, 0.15) is 17.6 Å². The van der Waals surface area contributed by atoms with E-state index in [-0.39, 0.29) is 12.6 Å². The largest absolute Gasteiger partial charge is 0.496 e. The van der Waals surface area contributed by atoms with Gasteiger partial charge in [-0.2, -0.15) is 9.97 Å². The van der Waals surface area contributed by atoms with Crippen molar-refractivity contribution >= 4 is 28.8 Å². The first kappa shape index (κ1) is 23.3. The fourth-order valence-electron chi connectivity index (χ4n) is 4.86. The molecule has 1 aromatic carbocycles. The number of ether oxygens (including phenoxy) is 2. The predicted molar refractivity (Wildman–Crippen MR) is 131 cm³/mol. The number of methoxy groups -OCH3 is 1. The molecule has 1 unspecified atom stereocenters. The number of aliphatic carboxylic acids is 1. The Bertz CT molecular complexity index is 1250. The lowest BCUT2D eigenvalue weighted by Crippen LogP contribution is -2.44. The van der Waals surface area contributed by atoms with Gasteiger partial charge in [-0.25, -0.2) is 9.78 Å². The summed E-state index contributed by atoms with van der Waals surface area (Å²) < 4.78 is 10.9. The van der Waals surface area contributed by atoms with Crippen molar-refractivity contribution in [3.63, 3.8) is 0 Å². The van der Waals surface area contributed by atoms with Crippen molar-refractivity contribution in [2.24, 2.45) is 0 Å². The number of aliphatic hydroxyl groups is 1. The van der Waals surface area contributed by atoms with Gasteiger partial charge < -0.3 is 29.5 Å². The molecule has 0 saturated carbocycles. The van der Waals surface area contributed by atoms with Crippen molar-refractivity contribution in [1.82, 2.24) is 15.0 Å². The maximum absolute atomic E-state index is 11.9. The van der Waals surface area contributed by atoms with Gasteiger partial charge in [-0.15, -0.1) is 0 Å². The van der Waals surface area contributed by atoms with Gasteiger partial charge >= 0.3 is 5.97 Å². The molecule has 3 aromatic rings. The summed E-state index contributed by atoms with van der Waals surface area (Å²) in [6, 6.07) is 8.87. The highest BCUT2D eigenvalue weighted by Crippen LogP contribution is 2.33. The summed E-state index contributed by atoms with van der Waals surface area (Å²) in [5, 5.41) is 20.3. The second-order valence-electron chi connectivity index (χ2n) is 8.91. The third kappa shape index (κ3) is 4.35. The minimum atomic E-state index is -0.871. The first-order valence-corrected chi connectivity index (χ1v) is 11.8. The number of hydrogen-bond donors (Lipinski definition) is 2. The Labute approximate surface area is 203 Å². The molecular formula is C25H29N5O5. The molecule has 2 atom stereocenters. The fraction of sp³-hybridized carbons (Fsp3) is 0.440. The fourth-order valence-corrected chi connectivity index (χ4v) is 4.86. The van der Waals surface area contributed by atoms with Crippen LogP contribution in [0.3, 0.4) is 0 Å². The number of carboxylic acid groups (broad SMARTS) is 1. The number of rotatable bonds is 6. The van der Waals surface area contributed by atoms with E-state index < -0.39 is 12.0 Å². The molecule has 2 aliphatic rings. The third-order valence-electron chi connectivity index (χ3n) is 6.71. The number of pyridine rings is 1. The maximum Gasteiger partial charge on any atom is 0.326 e. The zero-order valence-electron chi connectivity index (χ0n) is 19.8. The molecule has 0 spiro atoms. The molecule has 2 N–H and O–H groups in total. The molecular weight excluding hydrogens is 450 g/mol. The highest BCUT2D eigenvalue weighted by atomic mass is 16.5. The van der Waals surface area contributed by atoms with E-state index in [0.29, 0.717) is 61.3 Å². The molecule has 0 amide bonds. The van der Waals surface area contributed by atoms with Gasteiger partial charge in [0.25, 0.3) is 0 Å². The first-order chi connectivity index (χ1) is 17.0. The normalized spacial score (nSPS) is 20.4. The van der Waals surface area contributed by atoms with Gasteiger partial charge in [0.2, 0.25) is 5.95 Å². The van der Waals surface area contributed by atoms with Crippen LogP contribution in [0.1, 0.15) is 25.3 Å². The van der Waals surface area contributed by atoms with Crippen molar-refractivity contribution in [3.8, 4) is 17.0 Å². The Morgan fingerprint density at radius 2 is 2.03 bits per heavy atom. The molecule has 2 saturated heterocycles. The number of anilines is 2. The van der Waals surface area contributed by atoms with E-state index >= 15 is 0 Å². The van der Waals surface area contributed by atoms with Crippen LogP contribution in [0, 0.1) is 0 Å². The topological polar surface area (TPSA) is 121 Å². The summed E-state index contributed by atoms with van der Waals surface area (Å²) in [6.07, 6.45) is 1.33. The van der Waals surface area contributed by atoms with Gasteiger partial charge in [-0.1, -0.05) is 0 Å². The van der Waals surface area contributed by atoms with Crippen LogP contribution >= 0.6 is 0 Å². The molecule has 0 bridgehead atoms. The number of aromatic nitrogens is 3. The van der Waals surface area contributed by atoms with Crippen molar-refractivity contribution in [3.05, 3.63) is 35.9 Å². The second kappa shape index (κ2) is 9.63. The van der Waals surface area contributed by atoms with Crippen LogP contribution in [-0.2, 0) is 16.1 Å². The number of morpholine rings is 1. The molecule has 35 heavy (non-hydrogen) atoms. The molecule has 2 fully saturated rings. The van der Waals surface area contributed by atoms with Crippen molar-refractivity contribution < 1.29 is 24.5 Å². The lowest BCUT2D eigenvalue weighted by Gasteiger charge is -2.35. The molecule has 10 nitrogen and oxygen atoms in total. The van der Waals surface area contributed by atoms with Crippen LogP contribution in [0.4, 0.5) is 11.8 Å². The summed E-state index contributed by atoms with van der Waals surface area (Å²) >= 11 is 0. The van der Waals surface area contributed by atoms with Crippen LogP contribution < -0.4 is 14.5 Å². The molecule has 2 aromatic heterocycles. The van der Waals surface area contributed by atoms with Crippen LogP contribution in [0.5, 0.6) is 5.75 Å². The van der Waals surface area contributed by atoms with E-state index in [4.69, 9.17) is 24.4 Å². The highest BCUT2D eigenvalue weighted by molar-refractivity contribution is 5.90. The number of fused-ring (bicyclic) bond motifs is 1. The Hall–Kier alpha value is -3.50. The van der Waals surface area contributed by atoms with Gasteiger partial charge in [-0.05, 0) is 50.1 Å². The first-order valence-electron chi connectivity index (χ1n) is 11.8. The minimum Gasteiger partial charge on any atom is -0.496 e. The summed E-state index contributed by atoms with van der Waals surface area (Å²) in [5.41, 5.74) is 2.68. The van der Waals surface area contributed by atoms with Gasteiger partial charge in [0, 0.05) is 24.2 Å². The average Bonchev–Trinajstić information content (AvgIpc) is 3.38. The average molecular weight is 480 g/mol. The molecule has 184 valence electrons. The summed E-state index contributed by atoms with van der Waals surface area (Å²) in [6.45, 7) is 4.37. The van der Waals surface area contributed by atoms with E-state index in [1.165, 1.54) is 0 Å². The van der Waals surface area contributed by atoms with Crippen LogP contribution in [-0.4, -0.2) is 76.6 Å². The zero-order valence-corrected chi connectivity index (χ0v) is 19.8. The van der Waals surface area contributed by atoms with Crippen molar-refractivity contribution in [2.45, 2.75) is 38.5 Å². The van der Waals surface area contributed by atoms with E-state index in [2.05, 4.69) is 11.8 Å². The highest BCUT2D eigenvalue weighted by Gasteiger charge is 2.34. The minimum absolute atomic E-state index is 0.108. The monoisotopic (exact) mass is 479 g/mol. The van der Waals surface area contributed by atoms with E-state index in [1.807, 2.05) is 24.3 Å². The zero-order chi connectivity index (χ0) is 24.5. The van der Waals surface area contributed by atoms with Crippen LogP contribution in [0.2, 0.25) is 0 Å². The molecule has 0 aliphatic carbocycles. The second-order valence-corrected chi connectivity index (χ2v) is 8.91. The number of hydrogen-bond acceptors (Lipinski definition) is 9. The lowest BCUT2D eigenvalue weighted by atomic mass is 10.1. The number of aliphatic hydroxyl groups excluding tert-OH is 1. The maximum atomic E-state index is 11.9. The van der Waals surface area contributed by atoms with Gasteiger partial charge in [-0.3, -0.25) is 0 Å². The summed E-state index contributed by atoms with van der Waals surface area (Å²) in [7, 11) is 1.57. The Morgan fingerprint density at radius 1 is 1.17 bits per heavy atom. The number of benzene rings is 1. The van der Waals surface area contributed by atoms with Crippen molar-refractivity contribution in [2.75, 3.05) is 43.2 Å². The van der Waals surface area contributed by atoms with Gasteiger partial charge in [0.05, 0.1) is 44.1 Å². The molecule has 10 heteroatoms. The number of nitrogens with zero attached hydrogens (tertiary/aromatic N) is 5. The number of carbonyl (C=O) groups is 1. The third-order valence-corrected chi connectivity index (χ3v) is 6.71. The smallest absolute Gasteiger partial charge is 0.326 e. The van der Waals surface area contributed by atoms with Gasteiger partial charge in [0.15, 0.2) is 5.65 Å². The van der Waals surface area contributed by atoms with E-state index in [1.54, 1.807) is 18.1 Å². The molecule has 2 aliphatic heterocycles. The van der Waals surface area contributed by atoms with E-state index in [9.17, 15) is 15.0 Å². The predicted octanol–water partition coefficient (Wildman–Crippen LogP) is 2.47. The molecule has 4 heterocycles. The Balaban J connectivity index is 1.65. The van der Waals surface area contributed by atoms with Crippen LogP contribution in [0.25, 0.3) is 22.3 Å². The lowest BCUT2D eigenvalue weighted by molar-refractivity contribution is -0.138. The summed E-state index contributed by atoms with van der Waals surface area (Å²) in [5.74, 6) is 0.858. The molecule has 5 rings (SSSR count). The van der Waals surface area contributed by atoms with E-state index in [0.717, 1.165) is 23.2 Å². The standard InChI is InChI=1S/C25H29N5O5/c1-15-14-35-11-10-29(15)23-18-6-7-19(16-5-8-21(34-2)17(12-16)13-31)26-22(18)27-25(28-23)30-9-3-4-20(30)24(32)33/h5-8,12,15,20,31H,3-4,9-11,13-14H2,1-2H3,(H,32,33)/t15-,20?/m0/s1.